The molecule has 0 spiro atoms. The van der Waals surface area contributed by atoms with E-state index in [2.05, 4.69) is 31.0 Å². The van der Waals surface area contributed by atoms with E-state index in [0.717, 1.165) is 16.8 Å². The highest BCUT2D eigenvalue weighted by Gasteiger charge is 2.20. The Balaban J connectivity index is 0.00000141. The quantitative estimate of drug-likeness (QED) is 0.357. The summed E-state index contributed by atoms with van der Waals surface area (Å²) in [6.07, 6.45) is 3.21. The van der Waals surface area contributed by atoms with E-state index in [1.54, 1.807) is 24.8 Å². The summed E-state index contributed by atoms with van der Waals surface area (Å²) in [4.78, 5) is 21.5. The first-order valence-electron chi connectivity index (χ1n) is 10.6. The summed E-state index contributed by atoms with van der Waals surface area (Å²) >= 11 is 0. The highest BCUT2D eigenvalue weighted by Crippen LogP contribution is 2.28. The van der Waals surface area contributed by atoms with Crippen LogP contribution in [0.2, 0.25) is 0 Å². The topological polar surface area (TPSA) is 131 Å². The number of carbonyl (C=O) groups is 1. The third-order valence-corrected chi connectivity index (χ3v) is 4.78. The molecule has 1 aliphatic rings. The Bertz CT molecular complexity index is 1140. The minimum absolute atomic E-state index is 0.191. The number of aromatic nitrogens is 3. The van der Waals surface area contributed by atoms with E-state index in [1.165, 1.54) is 6.20 Å². The van der Waals surface area contributed by atoms with Crippen molar-refractivity contribution in [3.05, 3.63) is 41.1 Å². The number of nitrogen functional groups attached to an aromatic ring is 1. The van der Waals surface area contributed by atoms with Gasteiger partial charge in [-0.25, -0.2) is 4.98 Å². The van der Waals surface area contributed by atoms with Crippen LogP contribution in [0.5, 0.6) is 0 Å². The second-order valence-electron chi connectivity index (χ2n) is 7.12. The molecule has 1 atom stereocenters. The predicted molar refractivity (Wildman–Crippen MR) is 128 cm³/mol. The van der Waals surface area contributed by atoms with Crippen molar-refractivity contribution >= 4 is 40.8 Å². The van der Waals surface area contributed by atoms with Gasteiger partial charge in [-0.2, -0.15) is 9.61 Å². The molecule has 5 N–H and O–H groups in total. The second-order valence-corrected chi connectivity index (χ2v) is 7.12. The van der Waals surface area contributed by atoms with Crippen LogP contribution in [-0.2, 0) is 11.3 Å². The molecule has 1 unspecified atom stereocenters. The van der Waals surface area contributed by atoms with Crippen molar-refractivity contribution in [1.82, 2.24) is 19.9 Å². The lowest BCUT2D eigenvalue weighted by atomic mass is 10.1. The SMILES string of the molecule is CC.CN=Cc1c(N)cc2cc1Nc1cc(NC)n3ncc(c3n1)C(=O)NC(C)COC2. The van der Waals surface area contributed by atoms with E-state index < -0.39 is 0 Å². The maximum absolute atomic E-state index is 12.8. The van der Waals surface area contributed by atoms with Crippen LogP contribution in [-0.4, -0.2) is 53.5 Å². The van der Waals surface area contributed by atoms with Crippen LogP contribution in [0.1, 0.15) is 42.3 Å². The van der Waals surface area contributed by atoms with Crippen LogP contribution >= 0.6 is 0 Å². The van der Waals surface area contributed by atoms with Crippen molar-refractivity contribution in [2.45, 2.75) is 33.4 Å². The van der Waals surface area contributed by atoms with Gasteiger partial charge in [-0.3, -0.25) is 9.79 Å². The number of hydrogen-bond acceptors (Lipinski definition) is 8. The minimum atomic E-state index is -0.258. The summed E-state index contributed by atoms with van der Waals surface area (Å²) in [5.74, 6) is 0.959. The number of carbonyl (C=O) groups excluding carboxylic acids is 1. The van der Waals surface area contributed by atoms with Gasteiger partial charge in [-0.1, -0.05) is 13.8 Å². The molecule has 1 aromatic carbocycles. The third-order valence-electron chi connectivity index (χ3n) is 4.78. The lowest BCUT2D eigenvalue weighted by Crippen LogP contribution is -2.35. The fraction of sp³-hybridized carbons (Fsp3) is 0.364. The predicted octanol–water partition coefficient (Wildman–Crippen LogP) is 2.82. The fourth-order valence-electron chi connectivity index (χ4n) is 3.40. The van der Waals surface area contributed by atoms with Crippen LogP contribution in [0.25, 0.3) is 5.65 Å². The van der Waals surface area contributed by atoms with Crippen molar-refractivity contribution in [3.63, 3.8) is 0 Å². The molecule has 1 aliphatic heterocycles. The monoisotopic (exact) mass is 438 g/mol. The normalized spacial score (nSPS) is 16.2. The Hall–Kier alpha value is -3.66. The number of rotatable bonds is 2. The van der Waals surface area contributed by atoms with Crippen molar-refractivity contribution < 1.29 is 9.53 Å². The number of nitrogens with two attached hydrogens (primary N) is 1. The smallest absolute Gasteiger partial charge is 0.257 e. The summed E-state index contributed by atoms with van der Waals surface area (Å²) in [5, 5.41) is 13.6. The zero-order valence-corrected chi connectivity index (χ0v) is 19.1. The van der Waals surface area contributed by atoms with Gasteiger partial charge in [0.15, 0.2) is 5.65 Å². The molecule has 0 fully saturated rings. The van der Waals surface area contributed by atoms with Gasteiger partial charge in [0.1, 0.15) is 17.2 Å². The average Bonchev–Trinajstić information content (AvgIpc) is 3.20. The molecule has 10 nitrogen and oxygen atoms in total. The fourth-order valence-corrected chi connectivity index (χ4v) is 3.40. The molecule has 3 heterocycles. The number of nitrogens with zero attached hydrogens (tertiary/aromatic N) is 4. The maximum atomic E-state index is 12.8. The molecule has 4 rings (SSSR count). The molecule has 0 radical (unpaired) electrons. The number of nitrogens with one attached hydrogen (secondary N) is 3. The first-order chi connectivity index (χ1) is 15.5. The van der Waals surface area contributed by atoms with Gasteiger partial charge in [-0.15, -0.1) is 0 Å². The summed E-state index contributed by atoms with van der Waals surface area (Å²) < 4.78 is 7.39. The molecule has 0 saturated carbocycles. The number of benzene rings is 1. The van der Waals surface area contributed by atoms with E-state index in [1.807, 2.05) is 39.0 Å². The van der Waals surface area contributed by atoms with E-state index in [4.69, 9.17) is 10.5 Å². The molecule has 10 heteroatoms. The number of anilines is 4. The largest absolute Gasteiger partial charge is 0.398 e. The Morgan fingerprint density at radius 3 is 2.84 bits per heavy atom. The number of amides is 1. The standard InChI is InChI=1S/C20H24N8O2.C2H6/c1-11-9-30-10-12-4-15(21)13(7-22-2)16(5-12)26-17-6-18(23-3)28-19(27-17)14(8-24-28)20(29)25-11;1-2/h4-8,11,23H,9-10,21H2,1-3H3,(H,25,29)(H,26,27);1-2H3. The number of ether oxygens (including phenoxy) is 1. The Labute approximate surface area is 187 Å². The van der Waals surface area contributed by atoms with Crippen molar-refractivity contribution in [3.8, 4) is 0 Å². The van der Waals surface area contributed by atoms with Crippen molar-refractivity contribution in [2.24, 2.45) is 4.99 Å². The van der Waals surface area contributed by atoms with Gasteiger partial charge in [0, 0.05) is 43.7 Å². The van der Waals surface area contributed by atoms with Crippen LogP contribution in [0.4, 0.5) is 23.0 Å². The number of fused-ring (bicyclic) bond motifs is 3. The first kappa shape index (κ1) is 23.0. The molecular weight excluding hydrogens is 408 g/mol. The maximum Gasteiger partial charge on any atom is 0.257 e. The van der Waals surface area contributed by atoms with Gasteiger partial charge in [0.05, 0.1) is 25.1 Å². The zero-order chi connectivity index (χ0) is 23.3. The Morgan fingerprint density at radius 2 is 2.12 bits per heavy atom. The van der Waals surface area contributed by atoms with Crippen LogP contribution in [0, 0.1) is 0 Å². The first-order valence-corrected chi connectivity index (χ1v) is 10.6. The third kappa shape index (κ3) is 4.65. The van der Waals surface area contributed by atoms with Gasteiger partial charge < -0.3 is 26.4 Å². The van der Waals surface area contributed by atoms with E-state index in [-0.39, 0.29) is 11.9 Å². The molecule has 4 bridgehead atoms. The highest BCUT2D eigenvalue weighted by atomic mass is 16.5. The van der Waals surface area contributed by atoms with E-state index in [0.29, 0.717) is 41.7 Å². The van der Waals surface area contributed by atoms with Gasteiger partial charge in [0.25, 0.3) is 5.91 Å². The summed E-state index contributed by atoms with van der Waals surface area (Å²) in [5.41, 5.74) is 10.1. The molecule has 170 valence electrons. The molecule has 2 aromatic heterocycles. The van der Waals surface area contributed by atoms with Gasteiger partial charge >= 0.3 is 0 Å². The number of hydrogen-bond donors (Lipinski definition) is 4. The Morgan fingerprint density at radius 1 is 1.34 bits per heavy atom. The Kier molecular flexibility index (Phi) is 7.26. The molecule has 3 aromatic rings. The van der Waals surface area contributed by atoms with Crippen LogP contribution < -0.4 is 21.7 Å². The van der Waals surface area contributed by atoms with Crippen LogP contribution in [0.15, 0.2) is 29.4 Å². The molecule has 32 heavy (non-hydrogen) atoms. The summed E-state index contributed by atoms with van der Waals surface area (Å²) in [7, 11) is 3.47. The average molecular weight is 439 g/mol. The number of aliphatic imine (C=N–C) groups is 1. The second kappa shape index (κ2) is 10.1. The lowest BCUT2D eigenvalue weighted by Gasteiger charge is -2.18. The highest BCUT2D eigenvalue weighted by molar-refractivity contribution is 6.00. The van der Waals surface area contributed by atoms with Crippen LogP contribution in [0.3, 0.4) is 0 Å². The molecule has 1 amide bonds. The molecule has 0 aliphatic carbocycles. The molecule has 0 saturated heterocycles. The van der Waals surface area contributed by atoms with Crippen molar-refractivity contribution in [1.29, 1.82) is 0 Å². The summed E-state index contributed by atoms with van der Waals surface area (Å²) in [6.45, 7) is 6.59. The van der Waals surface area contributed by atoms with E-state index in [9.17, 15) is 4.79 Å². The molecular formula is C22H30N8O2. The minimum Gasteiger partial charge on any atom is -0.398 e. The van der Waals surface area contributed by atoms with E-state index >= 15 is 0 Å². The van der Waals surface area contributed by atoms with Gasteiger partial charge in [-0.05, 0) is 24.6 Å². The zero-order valence-electron chi connectivity index (χ0n) is 19.1. The summed E-state index contributed by atoms with van der Waals surface area (Å²) in [6, 6.07) is 5.44. The lowest BCUT2D eigenvalue weighted by molar-refractivity contribution is 0.0821. The van der Waals surface area contributed by atoms with Crippen molar-refractivity contribution in [2.75, 3.05) is 37.1 Å². The van der Waals surface area contributed by atoms with Gasteiger partial charge in [0.2, 0.25) is 0 Å².